The molecule has 0 aliphatic heterocycles. The Morgan fingerprint density at radius 3 is 2.63 bits per heavy atom. The lowest BCUT2D eigenvalue weighted by Crippen LogP contribution is -2.12. The molecule has 0 aliphatic carbocycles. The number of halogens is 3. The lowest BCUT2D eigenvalue weighted by molar-refractivity contribution is -0.137. The number of benzene rings is 1. The standard InChI is InChI=1S/C14H14F3NO/c1-2-3-7-13(19)12(9-18)10-5-4-6-11(8-10)14(15,16)17/h4-6,8,12H,2-3,7H2,1H3. The molecule has 0 saturated carbocycles. The molecule has 2 nitrogen and oxygen atoms in total. The maximum absolute atomic E-state index is 12.6. The monoisotopic (exact) mass is 269 g/mol. The normalized spacial score (nSPS) is 12.8. The highest BCUT2D eigenvalue weighted by Crippen LogP contribution is 2.31. The summed E-state index contributed by atoms with van der Waals surface area (Å²) in [6.07, 6.45) is -2.82. The number of ketones is 1. The Morgan fingerprint density at radius 1 is 1.42 bits per heavy atom. The van der Waals surface area contributed by atoms with Gasteiger partial charge in [0.1, 0.15) is 5.92 Å². The SMILES string of the molecule is CCCCC(=O)C(C#N)c1cccc(C(F)(F)F)c1. The molecule has 1 aromatic rings. The summed E-state index contributed by atoms with van der Waals surface area (Å²) in [5.74, 6) is -1.45. The summed E-state index contributed by atoms with van der Waals surface area (Å²) < 4.78 is 37.7. The molecule has 0 heterocycles. The molecule has 1 unspecified atom stereocenters. The van der Waals surface area contributed by atoms with Gasteiger partial charge < -0.3 is 0 Å². The number of alkyl halides is 3. The number of nitrogens with zero attached hydrogens (tertiary/aromatic N) is 1. The van der Waals surface area contributed by atoms with Crippen molar-refractivity contribution in [2.45, 2.75) is 38.3 Å². The summed E-state index contributed by atoms with van der Waals surface area (Å²) >= 11 is 0. The van der Waals surface area contributed by atoms with Crippen molar-refractivity contribution >= 4 is 5.78 Å². The third-order valence-electron chi connectivity index (χ3n) is 2.78. The number of hydrogen-bond donors (Lipinski definition) is 0. The molecule has 0 N–H and O–H groups in total. The van der Waals surface area contributed by atoms with Crippen molar-refractivity contribution < 1.29 is 18.0 Å². The second kappa shape index (κ2) is 6.37. The zero-order valence-corrected chi connectivity index (χ0v) is 10.5. The van der Waals surface area contributed by atoms with Crippen molar-refractivity contribution in [3.63, 3.8) is 0 Å². The highest BCUT2D eigenvalue weighted by atomic mass is 19.4. The first kappa shape index (κ1) is 15.2. The molecule has 0 bridgehead atoms. The van der Waals surface area contributed by atoms with Crippen LogP contribution in [0.2, 0.25) is 0 Å². The van der Waals surface area contributed by atoms with Gasteiger partial charge in [-0.2, -0.15) is 18.4 Å². The number of Topliss-reactive ketones (excluding diaryl/α,β-unsaturated/α-hetero) is 1. The molecule has 1 aromatic carbocycles. The molecule has 5 heteroatoms. The van der Waals surface area contributed by atoms with Crippen LogP contribution in [0.3, 0.4) is 0 Å². The third kappa shape index (κ3) is 4.09. The Kier molecular flexibility index (Phi) is 5.11. The van der Waals surface area contributed by atoms with E-state index in [1.54, 1.807) is 6.07 Å². The summed E-state index contributed by atoms with van der Waals surface area (Å²) in [5, 5.41) is 8.99. The number of carbonyl (C=O) groups is 1. The second-order valence-corrected chi connectivity index (χ2v) is 4.26. The van der Waals surface area contributed by atoms with Gasteiger partial charge in [0.15, 0.2) is 5.78 Å². The summed E-state index contributed by atoms with van der Waals surface area (Å²) in [6, 6.07) is 6.19. The minimum absolute atomic E-state index is 0.110. The van der Waals surface area contributed by atoms with Crippen LogP contribution in [0, 0.1) is 11.3 Å². The molecule has 1 atom stereocenters. The smallest absolute Gasteiger partial charge is 0.298 e. The van der Waals surface area contributed by atoms with Gasteiger partial charge in [-0.15, -0.1) is 0 Å². The molecule has 0 aliphatic rings. The third-order valence-corrected chi connectivity index (χ3v) is 2.78. The number of unbranched alkanes of at least 4 members (excludes halogenated alkanes) is 1. The Hall–Kier alpha value is -1.83. The fraction of sp³-hybridized carbons (Fsp3) is 0.429. The maximum atomic E-state index is 12.6. The molecule has 0 spiro atoms. The van der Waals surface area contributed by atoms with Crippen LogP contribution in [-0.4, -0.2) is 5.78 Å². The van der Waals surface area contributed by atoms with Crippen molar-refractivity contribution in [2.75, 3.05) is 0 Å². The van der Waals surface area contributed by atoms with E-state index in [0.717, 1.165) is 18.6 Å². The summed E-state index contributed by atoms with van der Waals surface area (Å²) in [5.41, 5.74) is -0.730. The quantitative estimate of drug-likeness (QED) is 0.808. The largest absolute Gasteiger partial charge is 0.416 e. The Bertz CT molecular complexity index is 488. The van der Waals surface area contributed by atoms with Crippen molar-refractivity contribution in [1.82, 2.24) is 0 Å². The zero-order valence-electron chi connectivity index (χ0n) is 10.5. The van der Waals surface area contributed by atoms with Gasteiger partial charge in [0.2, 0.25) is 0 Å². The van der Waals surface area contributed by atoms with Gasteiger partial charge in [0, 0.05) is 6.42 Å². The lowest BCUT2D eigenvalue weighted by atomic mass is 9.92. The average Bonchev–Trinajstić information content (AvgIpc) is 2.36. The van der Waals surface area contributed by atoms with E-state index in [4.69, 9.17) is 5.26 Å². The van der Waals surface area contributed by atoms with Crippen LogP contribution in [0.1, 0.15) is 43.2 Å². The molecular formula is C14H14F3NO. The van der Waals surface area contributed by atoms with Gasteiger partial charge in [-0.25, -0.2) is 0 Å². The summed E-state index contributed by atoms with van der Waals surface area (Å²) in [6.45, 7) is 1.90. The van der Waals surface area contributed by atoms with Gasteiger partial charge >= 0.3 is 6.18 Å². The number of rotatable bonds is 5. The molecule has 0 fully saturated rings. The fourth-order valence-corrected chi connectivity index (χ4v) is 1.72. The minimum atomic E-state index is -4.47. The molecular weight excluding hydrogens is 255 g/mol. The Balaban J connectivity index is 3.00. The van der Waals surface area contributed by atoms with E-state index in [9.17, 15) is 18.0 Å². The maximum Gasteiger partial charge on any atom is 0.416 e. The van der Waals surface area contributed by atoms with Crippen LogP contribution in [0.5, 0.6) is 0 Å². The van der Waals surface area contributed by atoms with Crippen LogP contribution in [-0.2, 0) is 11.0 Å². The molecule has 102 valence electrons. The van der Waals surface area contributed by atoms with E-state index in [0.29, 0.717) is 6.42 Å². The average molecular weight is 269 g/mol. The first-order valence-corrected chi connectivity index (χ1v) is 5.99. The molecule has 1 rings (SSSR count). The van der Waals surface area contributed by atoms with Crippen LogP contribution in [0.4, 0.5) is 13.2 Å². The molecule has 0 aromatic heterocycles. The number of carbonyl (C=O) groups excluding carboxylic acids is 1. The van der Waals surface area contributed by atoms with E-state index in [2.05, 4.69) is 0 Å². The summed E-state index contributed by atoms with van der Waals surface area (Å²) in [7, 11) is 0. The van der Waals surface area contributed by atoms with Crippen LogP contribution in [0.15, 0.2) is 24.3 Å². The van der Waals surface area contributed by atoms with Crippen molar-refractivity contribution in [3.05, 3.63) is 35.4 Å². The van der Waals surface area contributed by atoms with E-state index >= 15 is 0 Å². The number of hydrogen-bond acceptors (Lipinski definition) is 2. The highest BCUT2D eigenvalue weighted by molar-refractivity contribution is 5.88. The van der Waals surface area contributed by atoms with Gasteiger partial charge in [0.05, 0.1) is 11.6 Å². The fourth-order valence-electron chi connectivity index (χ4n) is 1.72. The van der Waals surface area contributed by atoms with E-state index in [1.807, 2.05) is 6.92 Å². The van der Waals surface area contributed by atoms with Gasteiger partial charge in [-0.05, 0) is 18.1 Å². The highest BCUT2D eigenvalue weighted by Gasteiger charge is 2.31. The van der Waals surface area contributed by atoms with Gasteiger partial charge in [-0.3, -0.25) is 4.79 Å². The zero-order chi connectivity index (χ0) is 14.5. The predicted octanol–water partition coefficient (Wildman–Crippen LogP) is 4.07. The Morgan fingerprint density at radius 2 is 2.11 bits per heavy atom. The number of nitriles is 1. The molecule has 19 heavy (non-hydrogen) atoms. The Labute approximate surface area is 109 Å². The van der Waals surface area contributed by atoms with Crippen molar-refractivity contribution in [3.8, 4) is 6.07 Å². The summed E-state index contributed by atoms with van der Waals surface area (Å²) in [4.78, 5) is 11.8. The predicted molar refractivity (Wildman–Crippen MR) is 64.3 cm³/mol. The molecule has 0 amide bonds. The van der Waals surface area contributed by atoms with Crippen LogP contribution >= 0.6 is 0 Å². The topological polar surface area (TPSA) is 40.9 Å². The van der Waals surface area contributed by atoms with Crippen LogP contribution in [0.25, 0.3) is 0 Å². The second-order valence-electron chi connectivity index (χ2n) is 4.26. The van der Waals surface area contributed by atoms with Crippen LogP contribution < -0.4 is 0 Å². The lowest BCUT2D eigenvalue weighted by Gasteiger charge is -2.11. The van der Waals surface area contributed by atoms with Crippen molar-refractivity contribution in [2.24, 2.45) is 0 Å². The van der Waals surface area contributed by atoms with E-state index < -0.39 is 17.7 Å². The first-order chi connectivity index (χ1) is 8.90. The molecule has 0 saturated heterocycles. The van der Waals surface area contributed by atoms with Gasteiger partial charge in [0.25, 0.3) is 0 Å². The first-order valence-electron chi connectivity index (χ1n) is 5.99. The van der Waals surface area contributed by atoms with Gasteiger partial charge in [-0.1, -0.05) is 31.5 Å². The minimum Gasteiger partial charge on any atom is -0.298 e. The van der Waals surface area contributed by atoms with Crippen molar-refractivity contribution in [1.29, 1.82) is 5.26 Å². The molecule has 0 radical (unpaired) electrons. The van der Waals surface area contributed by atoms with E-state index in [1.165, 1.54) is 12.1 Å². The van der Waals surface area contributed by atoms with E-state index in [-0.39, 0.29) is 17.8 Å².